The van der Waals surface area contributed by atoms with Gasteiger partial charge in [-0.15, -0.1) is 0 Å². The Labute approximate surface area is 215 Å². The summed E-state index contributed by atoms with van der Waals surface area (Å²) in [4.78, 5) is 41.0. The predicted octanol–water partition coefficient (Wildman–Crippen LogP) is 1.19. The number of amides is 3. The average molecular weight is 539 g/mol. The van der Waals surface area contributed by atoms with E-state index in [4.69, 9.17) is 22.4 Å². The molecule has 0 aliphatic carbocycles. The van der Waals surface area contributed by atoms with Gasteiger partial charge in [0.15, 0.2) is 0 Å². The molecule has 0 bridgehead atoms. The quantitative estimate of drug-likeness (QED) is 0.440. The summed E-state index contributed by atoms with van der Waals surface area (Å²) in [5, 5.41) is 11.0. The van der Waals surface area contributed by atoms with Gasteiger partial charge in [0.2, 0.25) is 27.7 Å². The van der Waals surface area contributed by atoms with E-state index in [1.165, 1.54) is 17.0 Å². The summed E-state index contributed by atoms with van der Waals surface area (Å²) in [5.41, 5.74) is 5.37. The zero-order chi connectivity index (χ0) is 26.6. The summed E-state index contributed by atoms with van der Waals surface area (Å²) in [5.74, 6) is -1.76. The third kappa shape index (κ3) is 5.80. The van der Waals surface area contributed by atoms with Gasteiger partial charge < -0.3 is 20.6 Å². The Balaban J connectivity index is 1.89. The van der Waals surface area contributed by atoms with E-state index < -0.39 is 40.5 Å². The van der Waals surface area contributed by atoms with Crippen molar-refractivity contribution in [2.45, 2.75) is 43.7 Å². The molecule has 2 aromatic carbocycles. The monoisotopic (exact) mass is 538 g/mol. The van der Waals surface area contributed by atoms with E-state index >= 15 is 0 Å². The third-order valence-corrected chi connectivity index (χ3v) is 8.44. The molecule has 0 saturated carbocycles. The van der Waals surface area contributed by atoms with Gasteiger partial charge in [0.25, 0.3) is 0 Å². The smallest absolute Gasteiger partial charge is 0.245 e. The molecule has 12 heteroatoms. The van der Waals surface area contributed by atoms with Crippen LogP contribution in [-0.4, -0.2) is 90.2 Å². The van der Waals surface area contributed by atoms with Gasteiger partial charge in [-0.05, 0) is 61.7 Å². The Morgan fingerprint density at radius 1 is 1.22 bits per heavy atom. The molecule has 1 aliphatic heterocycles. The predicted molar refractivity (Wildman–Crippen MR) is 136 cm³/mol. The minimum absolute atomic E-state index is 0.0649. The van der Waals surface area contributed by atoms with Gasteiger partial charge in [0.05, 0.1) is 11.4 Å². The van der Waals surface area contributed by atoms with Gasteiger partial charge in [0, 0.05) is 31.3 Å². The minimum Gasteiger partial charge on any atom is -0.396 e. The van der Waals surface area contributed by atoms with E-state index in [1.807, 2.05) is 0 Å². The fourth-order valence-corrected chi connectivity index (χ4v) is 6.22. The number of halogens is 1. The molecule has 0 unspecified atom stereocenters. The van der Waals surface area contributed by atoms with Crippen LogP contribution in [0.2, 0.25) is 5.02 Å². The highest BCUT2D eigenvalue weighted by atomic mass is 35.5. The topological polar surface area (TPSA) is 141 Å². The van der Waals surface area contributed by atoms with Crippen molar-refractivity contribution >= 4 is 50.1 Å². The first kappa shape index (κ1) is 27.9. The van der Waals surface area contributed by atoms with E-state index in [-0.39, 0.29) is 30.4 Å². The SMILES string of the molecule is CCN(CCCO)C(=O)[C@H](C)N1CC[C@H](N(CC(N)=O)S(=O)(=O)c2ccc3cc(Cl)ccc3c2)C1=O. The molecule has 0 radical (unpaired) electrons. The number of benzene rings is 2. The number of aliphatic hydroxyl groups is 1. The van der Waals surface area contributed by atoms with Crippen molar-refractivity contribution in [1.29, 1.82) is 0 Å². The zero-order valence-electron chi connectivity index (χ0n) is 20.3. The maximum Gasteiger partial charge on any atom is 0.245 e. The Morgan fingerprint density at radius 2 is 1.89 bits per heavy atom. The summed E-state index contributed by atoms with van der Waals surface area (Å²) in [7, 11) is -4.29. The number of hydrogen-bond acceptors (Lipinski definition) is 6. The van der Waals surface area contributed by atoms with Crippen LogP contribution >= 0.6 is 11.6 Å². The third-order valence-electron chi connectivity index (χ3n) is 6.36. The molecule has 3 N–H and O–H groups in total. The van der Waals surface area contributed by atoms with E-state index in [2.05, 4.69) is 0 Å². The van der Waals surface area contributed by atoms with Crippen LogP contribution in [0.4, 0.5) is 0 Å². The fourth-order valence-electron chi connectivity index (χ4n) is 4.43. The van der Waals surface area contributed by atoms with Gasteiger partial charge in [-0.25, -0.2) is 8.42 Å². The van der Waals surface area contributed by atoms with Crippen molar-refractivity contribution in [2.24, 2.45) is 5.73 Å². The molecular weight excluding hydrogens is 508 g/mol. The van der Waals surface area contributed by atoms with Crippen molar-refractivity contribution in [1.82, 2.24) is 14.1 Å². The fraction of sp³-hybridized carbons (Fsp3) is 0.458. The molecule has 0 spiro atoms. The molecule has 0 aromatic heterocycles. The summed E-state index contributed by atoms with van der Waals surface area (Å²) in [6, 6.07) is 7.47. The summed E-state index contributed by atoms with van der Waals surface area (Å²) in [6.45, 7) is 3.55. The Hall–Kier alpha value is -2.73. The zero-order valence-corrected chi connectivity index (χ0v) is 21.8. The van der Waals surface area contributed by atoms with Crippen LogP contribution in [0.3, 0.4) is 0 Å². The Kier molecular flexibility index (Phi) is 8.93. The van der Waals surface area contributed by atoms with Crippen LogP contribution in [-0.2, 0) is 24.4 Å². The molecular formula is C24H31ClN4O6S. The molecule has 36 heavy (non-hydrogen) atoms. The van der Waals surface area contributed by atoms with Gasteiger partial charge >= 0.3 is 0 Å². The van der Waals surface area contributed by atoms with Crippen LogP contribution in [0.15, 0.2) is 41.3 Å². The van der Waals surface area contributed by atoms with Crippen molar-refractivity contribution in [3.8, 4) is 0 Å². The second-order valence-corrected chi connectivity index (χ2v) is 11.0. The summed E-state index contributed by atoms with van der Waals surface area (Å²) in [6.07, 6.45) is 0.514. The largest absolute Gasteiger partial charge is 0.396 e. The molecule has 2 aromatic rings. The van der Waals surface area contributed by atoms with Crippen molar-refractivity contribution in [2.75, 3.05) is 32.8 Å². The number of fused-ring (bicyclic) bond motifs is 1. The van der Waals surface area contributed by atoms with Crippen LogP contribution in [0.5, 0.6) is 0 Å². The van der Waals surface area contributed by atoms with Gasteiger partial charge in [-0.1, -0.05) is 23.7 Å². The van der Waals surface area contributed by atoms with E-state index in [0.29, 0.717) is 29.9 Å². The van der Waals surface area contributed by atoms with Crippen LogP contribution in [0.1, 0.15) is 26.7 Å². The van der Waals surface area contributed by atoms with Crippen LogP contribution in [0, 0.1) is 0 Å². The lowest BCUT2D eigenvalue weighted by atomic mass is 10.1. The first-order chi connectivity index (χ1) is 17.0. The first-order valence-electron chi connectivity index (χ1n) is 11.7. The molecule has 2 atom stereocenters. The van der Waals surface area contributed by atoms with Crippen molar-refractivity contribution < 1.29 is 27.9 Å². The molecule has 3 rings (SSSR count). The van der Waals surface area contributed by atoms with E-state index in [0.717, 1.165) is 9.69 Å². The van der Waals surface area contributed by atoms with Crippen LogP contribution in [0.25, 0.3) is 10.8 Å². The number of sulfonamides is 1. The molecule has 10 nitrogen and oxygen atoms in total. The number of carbonyl (C=O) groups excluding carboxylic acids is 3. The maximum absolute atomic E-state index is 13.6. The highest BCUT2D eigenvalue weighted by Crippen LogP contribution is 2.29. The molecule has 3 amide bonds. The Bertz CT molecular complexity index is 1250. The first-order valence-corrected chi connectivity index (χ1v) is 13.5. The number of carbonyl (C=O) groups is 3. The lowest BCUT2D eigenvalue weighted by Crippen LogP contribution is -2.52. The lowest BCUT2D eigenvalue weighted by molar-refractivity contribution is -0.144. The Morgan fingerprint density at radius 3 is 2.53 bits per heavy atom. The second kappa shape index (κ2) is 11.5. The molecule has 196 valence electrons. The average Bonchev–Trinajstić information content (AvgIpc) is 3.22. The van der Waals surface area contributed by atoms with Gasteiger partial charge in [0.1, 0.15) is 12.1 Å². The van der Waals surface area contributed by atoms with Crippen molar-refractivity contribution in [3.05, 3.63) is 41.4 Å². The van der Waals surface area contributed by atoms with E-state index in [1.54, 1.807) is 43.0 Å². The molecule has 1 saturated heterocycles. The number of hydrogen-bond donors (Lipinski definition) is 2. The van der Waals surface area contributed by atoms with Crippen molar-refractivity contribution in [3.63, 3.8) is 0 Å². The number of likely N-dealkylation sites (N-methyl/N-ethyl adjacent to an activating group) is 1. The number of primary amides is 1. The maximum atomic E-state index is 13.6. The lowest BCUT2D eigenvalue weighted by Gasteiger charge is -2.31. The highest BCUT2D eigenvalue weighted by molar-refractivity contribution is 7.89. The van der Waals surface area contributed by atoms with Crippen LogP contribution < -0.4 is 5.73 Å². The number of nitrogens with zero attached hydrogens (tertiary/aromatic N) is 3. The number of nitrogens with two attached hydrogens (primary N) is 1. The van der Waals surface area contributed by atoms with Gasteiger partial charge in [-0.2, -0.15) is 4.31 Å². The number of likely N-dealkylation sites (tertiary alicyclic amines) is 1. The highest BCUT2D eigenvalue weighted by Gasteiger charge is 2.45. The summed E-state index contributed by atoms with van der Waals surface area (Å²) < 4.78 is 28.1. The standard InChI is InChI=1S/C24H31ClN4O6S/c1-3-27(10-4-12-30)23(32)16(2)28-11-9-21(24(28)33)29(15-22(26)31)36(34,35)20-8-6-17-13-19(25)7-5-18(17)14-20/h5-8,13-14,16,21,30H,3-4,9-12,15H2,1-2H3,(H2,26,31)/t16-,21-/m0/s1. The summed E-state index contributed by atoms with van der Waals surface area (Å²) >= 11 is 6.02. The molecule has 1 heterocycles. The molecule has 1 fully saturated rings. The minimum atomic E-state index is -4.29. The second-order valence-electron chi connectivity index (χ2n) is 8.68. The normalized spacial score (nSPS) is 17.1. The number of aliphatic hydroxyl groups excluding tert-OH is 1. The van der Waals surface area contributed by atoms with E-state index in [9.17, 15) is 22.8 Å². The van der Waals surface area contributed by atoms with Gasteiger partial charge in [-0.3, -0.25) is 14.4 Å². The number of rotatable bonds is 11. The molecule has 1 aliphatic rings.